The quantitative estimate of drug-likeness (QED) is 0.191. The number of nitrogens with zero attached hydrogens (tertiary/aromatic N) is 3. The minimum absolute atomic E-state index is 0.226. The van der Waals surface area contributed by atoms with E-state index in [-0.39, 0.29) is 5.75 Å². The molecule has 10 heteroatoms. The van der Waals surface area contributed by atoms with Crippen LogP contribution in [0.2, 0.25) is 10.0 Å². The molecule has 1 fully saturated rings. The second-order valence-corrected chi connectivity index (χ2v) is 11.2. The molecule has 2 heterocycles. The van der Waals surface area contributed by atoms with Crippen LogP contribution in [0.4, 0.5) is 13.2 Å². The van der Waals surface area contributed by atoms with Crippen molar-refractivity contribution in [3.63, 3.8) is 0 Å². The molecule has 0 atom stereocenters. The van der Waals surface area contributed by atoms with Crippen LogP contribution in [0.15, 0.2) is 66.9 Å². The fourth-order valence-electron chi connectivity index (χ4n) is 5.39. The Morgan fingerprint density at radius 1 is 0.878 bits per heavy atom. The summed E-state index contributed by atoms with van der Waals surface area (Å²) in [5, 5.41) is 5.67. The van der Waals surface area contributed by atoms with Gasteiger partial charge in [0.05, 0.1) is 0 Å². The summed E-state index contributed by atoms with van der Waals surface area (Å²) in [6.07, 6.45) is -1.65. The normalized spacial score (nSPS) is 15.1. The van der Waals surface area contributed by atoms with Crippen LogP contribution >= 0.6 is 23.2 Å². The zero-order valence-electron chi connectivity index (χ0n) is 22.9. The molecule has 5 nitrogen and oxygen atoms in total. The van der Waals surface area contributed by atoms with E-state index in [1.165, 1.54) is 17.7 Å². The molecule has 41 heavy (non-hydrogen) atoms. The van der Waals surface area contributed by atoms with Crippen LogP contribution in [0, 0.1) is 0 Å². The molecule has 0 unspecified atom stereocenters. The van der Waals surface area contributed by atoms with E-state index in [0.717, 1.165) is 86.4 Å². The molecule has 4 aromatic rings. The number of halogens is 5. The second kappa shape index (κ2) is 13.0. The Labute approximate surface area is 248 Å². The Morgan fingerprint density at radius 2 is 1.54 bits per heavy atom. The van der Waals surface area contributed by atoms with E-state index in [1.54, 1.807) is 12.1 Å². The van der Waals surface area contributed by atoms with Gasteiger partial charge < -0.3 is 14.6 Å². The third kappa shape index (κ3) is 7.56. The SMILES string of the molecule is CNCCCn1cc(-c2ccc(OC(F)(F)F)cc2)c2cc(CN3CCN(Cc4c(Cl)cccc4Cl)CC3)ccc21. The molecule has 3 aromatic carbocycles. The number of ether oxygens (including phenoxy) is 1. The lowest BCUT2D eigenvalue weighted by molar-refractivity contribution is -0.274. The van der Waals surface area contributed by atoms with Gasteiger partial charge in [-0.3, -0.25) is 9.80 Å². The molecule has 0 aliphatic carbocycles. The summed E-state index contributed by atoms with van der Waals surface area (Å²) >= 11 is 12.8. The lowest BCUT2D eigenvalue weighted by atomic mass is 10.0. The van der Waals surface area contributed by atoms with E-state index in [4.69, 9.17) is 23.2 Å². The van der Waals surface area contributed by atoms with Gasteiger partial charge in [0.25, 0.3) is 0 Å². The van der Waals surface area contributed by atoms with E-state index in [1.807, 2.05) is 25.2 Å². The number of benzene rings is 3. The number of rotatable bonds is 10. The maximum atomic E-state index is 12.7. The number of piperazine rings is 1. The number of nitrogens with one attached hydrogen (secondary N) is 1. The summed E-state index contributed by atoms with van der Waals surface area (Å²) in [6.45, 7) is 6.98. The second-order valence-electron chi connectivity index (χ2n) is 10.4. The van der Waals surface area contributed by atoms with Crippen molar-refractivity contribution in [2.24, 2.45) is 0 Å². The zero-order chi connectivity index (χ0) is 29.0. The summed E-state index contributed by atoms with van der Waals surface area (Å²) in [5.74, 6) is -0.226. The highest BCUT2D eigenvalue weighted by molar-refractivity contribution is 6.35. The summed E-state index contributed by atoms with van der Waals surface area (Å²) in [6, 6.07) is 18.3. The molecule has 5 rings (SSSR count). The number of aromatic nitrogens is 1. The maximum absolute atomic E-state index is 12.7. The predicted molar refractivity (Wildman–Crippen MR) is 160 cm³/mol. The molecule has 218 valence electrons. The van der Waals surface area contributed by atoms with E-state index >= 15 is 0 Å². The zero-order valence-corrected chi connectivity index (χ0v) is 24.4. The molecule has 1 aliphatic rings. The third-order valence-corrected chi connectivity index (χ3v) is 8.19. The van der Waals surface area contributed by atoms with E-state index in [2.05, 4.69) is 48.8 Å². The minimum atomic E-state index is -4.72. The number of aryl methyl sites for hydroxylation is 1. The van der Waals surface area contributed by atoms with Crippen molar-refractivity contribution in [2.75, 3.05) is 39.8 Å². The van der Waals surface area contributed by atoms with Crippen molar-refractivity contribution in [2.45, 2.75) is 32.4 Å². The molecule has 1 aliphatic heterocycles. The van der Waals surface area contributed by atoms with Crippen molar-refractivity contribution < 1.29 is 17.9 Å². The first kappa shape index (κ1) is 29.7. The highest BCUT2D eigenvalue weighted by Gasteiger charge is 2.31. The molecule has 0 radical (unpaired) electrons. The van der Waals surface area contributed by atoms with Crippen LogP contribution in [0.3, 0.4) is 0 Å². The van der Waals surface area contributed by atoms with Gasteiger partial charge in [-0.2, -0.15) is 0 Å². The van der Waals surface area contributed by atoms with Crippen molar-refractivity contribution in [3.05, 3.63) is 88.0 Å². The standard InChI is InChI=1S/C31H33Cl2F3N4O/c1-37-12-3-13-40-21-26(23-7-9-24(10-8-23)41-31(34,35)36)25-18-22(6-11-30(25)40)19-38-14-16-39(17-15-38)20-27-28(32)4-2-5-29(27)33/h2,4-11,18,21,37H,3,12-17,19-20H2,1H3. The van der Waals surface area contributed by atoms with Crippen LogP contribution in [0.25, 0.3) is 22.0 Å². The Hall–Kier alpha value is -2.75. The first-order valence-electron chi connectivity index (χ1n) is 13.7. The van der Waals surface area contributed by atoms with Gasteiger partial charge in [0.15, 0.2) is 0 Å². The average Bonchev–Trinajstić information content (AvgIpc) is 3.29. The van der Waals surface area contributed by atoms with Gasteiger partial charge in [-0.15, -0.1) is 13.2 Å². The van der Waals surface area contributed by atoms with Gasteiger partial charge in [0.1, 0.15) is 5.75 Å². The summed E-state index contributed by atoms with van der Waals surface area (Å²) in [7, 11) is 1.93. The van der Waals surface area contributed by atoms with Gasteiger partial charge in [0, 0.05) is 84.1 Å². The number of hydrogen-bond acceptors (Lipinski definition) is 4. The first-order valence-corrected chi connectivity index (χ1v) is 14.5. The molecule has 0 saturated carbocycles. The Morgan fingerprint density at radius 3 is 2.17 bits per heavy atom. The van der Waals surface area contributed by atoms with Crippen LogP contribution in [-0.4, -0.2) is 60.5 Å². The summed E-state index contributed by atoms with van der Waals surface area (Å²) in [5.41, 5.74) is 5.12. The Bertz CT molecular complexity index is 1440. The largest absolute Gasteiger partial charge is 0.573 e. The van der Waals surface area contributed by atoms with Crippen molar-refractivity contribution in [1.29, 1.82) is 0 Å². The molecule has 0 spiro atoms. The van der Waals surface area contributed by atoms with Gasteiger partial charge in [-0.05, 0) is 67.5 Å². The van der Waals surface area contributed by atoms with Gasteiger partial charge in [0.2, 0.25) is 0 Å². The third-order valence-electron chi connectivity index (χ3n) is 7.48. The Balaban J connectivity index is 1.32. The van der Waals surface area contributed by atoms with Gasteiger partial charge >= 0.3 is 6.36 Å². The Kier molecular flexibility index (Phi) is 9.46. The van der Waals surface area contributed by atoms with Crippen LogP contribution in [-0.2, 0) is 19.6 Å². The lowest BCUT2D eigenvalue weighted by Crippen LogP contribution is -2.45. The predicted octanol–water partition coefficient (Wildman–Crippen LogP) is 7.44. The van der Waals surface area contributed by atoms with E-state index < -0.39 is 6.36 Å². The van der Waals surface area contributed by atoms with E-state index in [0.29, 0.717) is 10.0 Å². The minimum Gasteiger partial charge on any atom is -0.406 e. The van der Waals surface area contributed by atoms with E-state index in [9.17, 15) is 13.2 Å². The molecule has 1 N–H and O–H groups in total. The highest BCUT2D eigenvalue weighted by atomic mass is 35.5. The highest BCUT2D eigenvalue weighted by Crippen LogP contribution is 2.34. The molecule has 0 amide bonds. The first-order chi connectivity index (χ1) is 19.7. The molecule has 0 bridgehead atoms. The smallest absolute Gasteiger partial charge is 0.406 e. The fourth-order valence-corrected chi connectivity index (χ4v) is 5.91. The monoisotopic (exact) mass is 604 g/mol. The molecular formula is C31H33Cl2F3N4O. The fraction of sp³-hybridized carbons (Fsp3) is 0.355. The van der Waals surface area contributed by atoms with Crippen molar-refractivity contribution in [1.82, 2.24) is 19.7 Å². The molecule has 1 saturated heterocycles. The van der Waals surface area contributed by atoms with Crippen molar-refractivity contribution in [3.8, 4) is 16.9 Å². The summed E-state index contributed by atoms with van der Waals surface area (Å²) in [4.78, 5) is 4.82. The maximum Gasteiger partial charge on any atom is 0.573 e. The number of hydrogen-bond donors (Lipinski definition) is 1. The van der Waals surface area contributed by atoms with Gasteiger partial charge in [-0.1, -0.05) is 47.5 Å². The number of fused-ring (bicyclic) bond motifs is 1. The topological polar surface area (TPSA) is 32.7 Å². The van der Waals surface area contributed by atoms with Crippen molar-refractivity contribution >= 4 is 34.1 Å². The van der Waals surface area contributed by atoms with Crippen LogP contribution in [0.1, 0.15) is 17.5 Å². The summed E-state index contributed by atoms with van der Waals surface area (Å²) < 4.78 is 44.3. The van der Waals surface area contributed by atoms with Crippen LogP contribution < -0.4 is 10.1 Å². The van der Waals surface area contributed by atoms with Crippen LogP contribution in [0.5, 0.6) is 5.75 Å². The van der Waals surface area contributed by atoms with Gasteiger partial charge in [-0.25, -0.2) is 0 Å². The lowest BCUT2D eigenvalue weighted by Gasteiger charge is -2.35. The number of alkyl halides is 3. The molecular weight excluding hydrogens is 572 g/mol. The average molecular weight is 606 g/mol. The molecule has 1 aromatic heterocycles.